The van der Waals surface area contributed by atoms with Gasteiger partial charge in [0.15, 0.2) is 0 Å². The fraction of sp³-hybridized carbons (Fsp3) is 0.929. The zero-order valence-corrected chi connectivity index (χ0v) is 12.4. The molecular formula is C14H29N3O. The van der Waals surface area contributed by atoms with Gasteiger partial charge in [-0.2, -0.15) is 0 Å². The minimum absolute atomic E-state index is 0.244. The molecule has 0 bridgehead atoms. The van der Waals surface area contributed by atoms with Gasteiger partial charge in [-0.3, -0.25) is 9.69 Å². The second kappa shape index (κ2) is 6.53. The number of hydrogen-bond donors (Lipinski definition) is 1. The van der Waals surface area contributed by atoms with Gasteiger partial charge in [-0.25, -0.2) is 0 Å². The maximum absolute atomic E-state index is 12.6. The molecule has 0 aromatic carbocycles. The molecule has 4 heteroatoms. The van der Waals surface area contributed by atoms with Crippen molar-refractivity contribution in [3.05, 3.63) is 0 Å². The van der Waals surface area contributed by atoms with E-state index in [1.807, 2.05) is 25.8 Å². The molecule has 1 fully saturated rings. The van der Waals surface area contributed by atoms with Gasteiger partial charge in [0.2, 0.25) is 5.91 Å². The van der Waals surface area contributed by atoms with E-state index in [0.29, 0.717) is 0 Å². The maximum Gasteiger partial charge on any atom is 0.242 e. The molecule has 1 amide bonds. The number of rotatable bonds is 5. The molecule has 0 atom stereocenters. The van der Waals surface area contributed by atoms with Crippen LogP contribution in [0.4, 0.5) is 0 Å². The normalized spacial score (nSPS) is 18.4. The van der Waals surface area contributed by atoms with Crippen molar-refractivity contribution in [3.8, 4) is 0 Å². The predicted octanol–water partition coefficient (Wildman–Crippen LogP) is 1.45. The van der Waals surface area contributed by atoms with Crippen LogP contribution < -0.4 is 5.73 Å². The molecular weight excluding hydrogens is 226 g/mol. The number of likely N-dealkylation sites (tertiary alicyclic amines) is 1. The van der Waals surface area contributed by atoms with Gasteiger partial charge in [0.25, 0.3) is 0 Å². The Morgan fingerprint density at radius 1 is 1.39 bits per heavy atom. The van der Waals surface area contributed by atoms with Crippen LogP contribution in [0.15, 0.2) is 0 Å². The molecule has 1 saturated heterocycles. The van der Waals surface area contributed by atoms with E-state index >= 15 is 0 Å². The van der Waals surface area contributed by atoms with Gasteiger partial charge >= 0.3 is 0 Å². The molecule has 0 saturated carbocycles. The molecule has 1 aliphatic heterocycles. The van der Waals surface area contributed by atoms with E-state index in [2.05, 4.69) is 11.8 Å². The molecule has 0 aliphatic carbocycles. The van der Waals surface area contributed by atoms with Gasteiger partial charge in [-0.05, 0) is 46.7 Å². The van der Waals surface area contributed by atoms with Crippen molar-refractivity contribution in [2.24, 2.45) is 5.73 Å². The van der Waals surface area contributed by atoms with Crippen molar-refractivity contribution in [2.45, 2.75) is 58.0 Å². The molecule has 0 aromatic heterocycles. The van der Waals surface area contributed by atoms with Crippen LogP contribution in [-0.4, -0.2) is 54.0 Å². The highest BCUT2D eigenvalue weighted by atomic mass is 16.2. The number of piperidine rings is 1. The standard InChI is InChI=1S/C14H29N3O/c1-5-6-9-16(4)14(2,3)13(18)17-10-7-12(15)8-11-17/h12H,5-11,15H2,1-4H3. The van der Waals surface area contributed by atoms with E-state index in [1.54, 1.807) is 0 Å². The van der Waals surface area contributed by atoms with E-state index in [9.17, 15) is 4.79 Å². The van der Waals surface area contributed by atoms with Crippen molar-refractivity contribution in [1.29, 1.82) is 0 Å². The fourth-order valence-corrected chi connectivity index (χ4v) is 2.33. The van der Waals surface area contributed by atoms with Crippen molar-refractivity contribution in [2.75, 3.05) is 26.7 Å². The lowest BCUT2D eigenvalue weighted by atomic mass is 9.97. The summed E-state index contributed by atoms with van der Waals surface area (Å²) in [5.74, 6) is 0.244. The van der Waals surface area contributed by atoms with Crippen LogP contribution in [0.5, 0.6) is 0 Å². The first-order valence-corrected chi connectivity index (χ1v) is 7.15. The predicted molar refractivity (Wildman–Crippen MR) is 75.4 cm³/mol. The van der Waals surface area contributed by atoms with Crippen molar-refractivity contribution in [3.63, 3.8) is 0 Å². The molecule has 106 valence electrons. The van der Waals surface area contributed by atoms with Gasteiger partial charge < -0.3 is 10.6 Å². The molecule has 0 unspecified atom stereocenters. The smallest absolute Gasteiger partial charge is 0.242 e. The van der Waals surface area contributed by atoms with Crippen LogP contribution in [0.3, 0.4) is 0 Å². The molecule has 1 aliphatic rings. The Morgan fingerprint density at radius 2 is 1.94 bits per heavy atom. The Hall–Kier alpha value is -0.610. The van der Waals surface area contributed by atoms with Gasteiger partial charge in [0.05, 0.1) is 5.54 Å². The molecule has 18 heavy (non-hydrogen) atoms. The number of likely N-dealkylation sites (N-methyl/N-ethyl adjacent to an activating group) is 1. The molecule has 1 rings (SSSR count). The highest BCUT2D eigenvalue weighted by Gasteiger charge is 2.36. The van der Waals surface area contributed by atoms with Crippen LogP contribution in [0.2, 0.25) is 0 Å². The monoisotopic (exact) mass is 255 g/mol. The lowest BCUT2D eigenvalue weighted by Gasteiger charge is -2.40. The Kier molecular flexibility index (Phi) is 5.60. The third-order valence-electron chi connectivity index (χ3n) is 4.15. The molecule has 0 spiro atoms. The average Bonchev–Trinajstić information content (AvgIpc) is 2.35. The minimum Gasteiger partial charge on any atom is -0.341 e. The zero-order chi connectivity index (χ0) is 13.8. The van der Waals surface area contributed by atoms with Crippen LogP contribution >= 0.6 is 0 Å². The number of unbranched alkanes of at least 4 members (excludes halogenated alkanes) is 1. The Bertz CT molecular complexity index is 270. The molecule has 0 aromatic rings. The van der Waals surface area contributed by atoms with Crippen molar-refractivity contribution in [1.82, 2.24) is 9.80 Å². The number of hydrogen-bond acceptors (Lipinski definition) is 3. The summed E-state index contributed by atoms with van der Waals surface area (Å²) in [5, 5.41) is 0. The molecule has 1 heterocycles. The van der Waals surface area contributed by atoms with E-state index in [1.165, 1.54) is 0 Å². The third-order valence-corrected chi connectivity index (χ3v) is 4.15. The third kappa shape index (κ3) is 3.69. The summed E-state index contributed by atoms with van der Waals surface area (Å²) < 4.78 is 0. The van der Waals surface area contributed by atoms with Crippen LogP contribution in [0.1, 0.15) is 46.5 Å². The number of nitrogens with two attached hydrogens (primary N) is 1. The fourth-order valence-electron chi connectivity index (χ4n) is 2.33. The molecule has 4 nitrogen and oxygen atoms in total. The number of amides is 1. The van der Waals surface area contributed by atoms with Crippen molar-refractivity contribution < 1.29 is 4.79 Å². The zero-order valence-electron chi connectivity index (χ0n) is 12.4. The number of carbonyl (C=O) groups excluding carboxylic acids is 1. The van der Waals surface area contributed by atoms with Gasteiger partial charge in [-0.1, -0.05) is 13.3 Å². The van der Waals surface area contributed by atoms with Gasteiger partial charge in [0, 0.05) is 19.1 Å². The van der Waals surface area contributed by atoms with Crippen molar-refractivity contribution >= 4 is 5.91 Å². The van der Waals surface area contributed by atoms with Gasteiger partial charge in [0.1, 0.15) is 0 Å². The maximum atomic E-state index is 12.6. The van der Waals surface area contributed by atoms with Crippen LogP contribution in [0, 0.1) is 0 Å². The average molecular weight is 255 g/mol. The first kappa shape index (κ1) is 15.4. The molecule has 2 N–H and O–H groups in total. The minimum atomic E-state index is -0.406. The van der Waals surface area contributed by atoms with Crippen LogP contribution in [0.25, 0.3) is 0 Å². The van der Waals surface area contributed by atoms with Gasteiger partial charge in [-0.15, -0.1) is 0 Å². The highest BCUT2D eigenvalue weighted by molar-refractivity contribution is 5.85. The van der Waals surface area contributed by atoms with E-state index in [-0.39, 0.29) is 11.9 Å². The summed E-state index contributed by atoms with van der Waals surface area (Å²) in [4.78, 5) is 16.7. The lowest BCUT2D eigenvalue weighted by molar-refractivity contribution is -0.143. The first-order valence-electron chi connectivity index (χ1n) is 7.15. The van der Waals surface area contributed by atoms with E-state index in [4.69, 9.17) is 5.73 Å². The topological polar surface area (TPSA) is 49.6 Å². The second-order valence-corrected chi connectivity index (χ2v) is 5.96. The Morgan fingerprint density at radius 3 is 2.44 bits per heavy atom. The highest BCUT2D eigenvalue weighted by Crippen LogP contribution is 2.19. The van der Waals surface area contributed by atoms with E-state index < -0.39 is 5.54 Å². The SMILES string of the molecule is CCCCN(C)C(C)(C)C(=O)N1CCC(N)CC1. The second-order valence-electron chi connectivity index (χ2n) is 5.96. The lowest BCUT2D eigenvalue weighted by Crippen LogP contribution is -2.57. The Balaban J connectivity index is 2.57. The van der Waals surface area contributed by atoms with Crippen LogP contribution in [-0.2, 0) is 4.79 Å². The summed E-state index contributed by atoms with van der Waals surface area (Å²) in [6.45, 7) is 8.83. The number of nitrogens with zero attached hydrogens (tertiary/aromatic N) is 2. The summed E-state index contributed by atoms with van der Waals surface area (Å²) in [6, 6.07) is 0.273. The first-order chi connectivity index (χ1) is 8.39. The quantitative estimate of drug-likeness (QED) is 0.809. The Labute approximate surface area is 111 Å². The number of carbonyl (C=O) groups is 1. The summed E-state index contributed by atoms with van der Waals surface area (Å²) in [5.41, 5.74) is 5.48. The molecule has 0 radical (unpaired) electrons. The summed E-state index contributed by atoms with van der Waals surface area (Å²) in [6.07, 6.45) is 4.16. The largest absolute Gasteiger partial charge is 0.341 e. The van der Waals surface area contributed by atoms with E-state index in [0.717, 1.165) is 45.3 Å². The summed E-state index contributed by atoms with van der Waals surface area (Å²) >= 11 is 0. The summed E-state index contributed by atoms with van der Waals surface area (Å²) in [7, 11) is 2.04.